The van der Waals surface area contributed by atoms with Crippen molar-refractivity contribution in [3.8, 4) is 16.9 Å². The van der Waals surface area contributed by atoms with Crippen LogP contribution in [0.5, 0.6) is 5.75 Å². The molecule has 5 rings (SSSR count). The van der Waals surface area contributed by atoms with E-state index in [0.717, 1.165) is 34.2 Å². The van der Waals surface area contributed by atoms with E-state index >= 15 is 0 Å². The van der Waals surface area contributed by atoms with Crippen LogP contribution in [0.4, 0.5) is 0 Å². The Bertz CT molecular complexity index is 1520. The van der Waals surface area contributed by atoms with Gasteiger partial charge in [-0.05, 0) is 65.9 Å². The van der Waals surface area contributed by atoms with E-state index in [4.69, 9.17) is 37.5 Å². The molecule has 0 spiro atoms. The molecule has 0 N–H and O–H groups in total. The van der Waals surface area contributed by atoms with Crippen molar-refractivity contribution < 1.29 is 19.1 Å². The zero-order chi connectivity index (χ0) is 27.5. The first-order valence-corrected chi connectivity index (χ1v) is 13.6. The van der Waals surface area contributed by atoms with Crippen molar-refractivity contribution in [3.05, 3.63) is 94.1 Å². The minimum Gasteiger partial charge on any atom is -0.493 e. The highest BCUT2D eigenvalue weighted by Gasteiger charge is 2.40. The smallest absolute Gasteiger partial charge is 0.356 e. The van der Waals surface area contributed by atoms with Crippen molar-refractivity contribution in [1.29, 1.82) is 0 Å². The fourth-order valence-corrected chi connectivity index (χ4v) is 5.34. The van der Waals surface area contributed by atoms with Gasteiger partial charge in [0.2, 0.25) is 0 Å². The molecule has 0 fully saturated rings. The number of rotatable bonds is 8. The van der Waals surface area contributed by atoms with Crippen LogP contribution in [0.25, 0.3) is 22.0 Å². The fourth-order valence-electron chi connectivity index (χ4n) is 4.75. The van der Waals surface area contributed by atoms with Crippen molar-refractivity contribution in [1.82, 2.24) is 4.98 Å². The Morgan fingerprint density at radius 2 is 1.72 bits per heavy atom. The monoisotopic (exact) mass is 562 g/mol. The number of nitrogens with zero attached hydrogens (tertiary/aromatic N) is 2. The largest absolute Gasteiger partial charge is 0.493 e. The number of carbonyl (C=O) groups is 1. The molecule has 39 heavy (non-hydrogen) atoms. The summed E-state index contributed by atoms with van der Waals surface area (Å²) in [6.07, 6.45) is 0.808. The number of aromatic nitrogens is 1. The van der Waals surface area contributed by atoms with E-state index in [2.05, 4.69) is 24.0 Å². The van der Waals surface area contributed by atoms with Gasteiger partial charge in [0, 0.05) is 10.9 Å². The minimum atomic E-state index is -0.454. The average molecular weight is 563 g/mol. The van der Waals surface area contributed by atoms with Gasteiger partial charge in [-0.2, -0.15) is 0 Å². The van der Waals surface area contributed by atoms with Gasteiger partial charge >= 0.3 is 5.97 Å². The molecule has 3 atom stereocenters. The molecule has 0 amide bonds. The van der Waals surface area contributed by atoms with Gasteiger partial charge in [0.05, 0.1) is 28.6 Å². The quantitative estimate of drug-likeness (QED) is 0.204. The molecule has 1 aliphatic rings. The number of esters is 1. The van der Waals surface area contributed by atoms with Gasteiger partial charge in [-0.15, -0.1) is 0 Å². The second-order valence-electron chi connectivity index (χ2n) is 9.57. The number of fused-ring (bicyclic) bond motifs is 1. The predicted octanol–water partition coefficient (Wildman–Crippen LogP) is 7.84. The van der Waals surface area contributed by atoms with Crippen LogP contribution in [-0.4, -0.2) is 36.5 Å². The molecular formula is C31H28Cl2N2O4. The number of oxime groups is 1. The summed E-state index contributed by atoms with van der Waals surface area (Å²) in [4.78, 5) is 22.1. The highest BCUT2D eigenvalue weighted by Crippen LogP contribution is 2.36. The Labute approximate surface area is 237 Å². The van der Waals surface area contributed by atoms with E-state index in [9.17, 15) is 4.79 Å². The zero-order valence-electron chi connectivity index (χ0n) is 21.9. The summed E-state index contributed by atoms with van der Waals surface area (Å²) in [5.74, 6) is 0.433. The van der Waals surface area contributed by atoms with E-state index in [1.54, 1.807) is 18.2 Å². The molecule has 2 heterocycles. The molecule has 6 nitrogen and oxygen atoms in total. The Kier molecular flexibility index (Phi) is 8.05. The number of hydrogen-bond donors (Lipinski definition) is 0. The van der Waals surface area contributed by atoms with E-state index in [1.807, 2.05) is 54.6 Å². The first-order valence-electron chi connectivity index (χ1n) is 12.8. The number of pyridine rings is 1. The first kappa shape index (κ1) is 27.0. The molecule has 1 aromatic heterocycles. The molecule has 3 unspecified atom stereocenters. The number of ether oxygens (including phenoxy) is 2. The third-order valence-electron chi connectivity index (χ3n) is 7.15. The van der Waals surface area contributed by atoms with Gasteiger partial charge in [-0.3, -0.25) is 0 Å². The van der Waals surface area contributed by atoms with Crippen LogP contribution in [0.3, 0.4) is 0 Å². The van der Waals surface area contributed by atoms with Gasteiger partial charge in [0.15, 0.2) is 0 Å². The summed E-state index contributed by atoms with van der Waals surface area (Å²) in [5.41, 5.74) is 4.49. The van der Waals surface area contributed by atoms with Crippen molar-refractivity contribution in [2.24, 2.45) is 17.0 Å². The van der Waals surface area contributed by atoms with Crippen molar-refractivity contribution in [2.75, 3.05) is 13.7 Å². The Morgan fingerprint density at radius 3 is 2.41 bits per heavy atom. The lowest BCUT2D eigenvalue weighted by Gasteiger charge is -2.24. The normalized spacial score (nSPS) is 17.4. The van der Waals surface area contributed by atoms with Crippen molar-refractivity contribution in [2.45, 2.75) is 26.4 Å². The molecular weight excluding hydrogens is 535 g/mol. The SMILES string of the molecule is CCC(C)C1ON=C(c2c(Cl)cccc2Cl)C1COc1ccc(-c2ccc3nc(C(=O)OC)ccc3c2)cc1. The second-order valence-corrected chi connectivity index (χ2v) is 10.4. The molecule has 0 saturated carbocycles. The number of hydrogen-bond acceptors (Lipinski definition) is 6. The van der Waals surface area contributed by atoms with E-state index in [1.165, 1.54) is 7.11 Å². The van der Waals surface area contributed by atoms with Crippen LogP contribution in [0.2, 0.25) is 10.0 Å². The summed E-state index contributed by atoms with van der Waals surface area (Å²) in [6, 6.07) is 22.8. The molecule has 1 aliphatic heterocycles. The lowest BCUT2D eigenvalue weighted by molar-refractivity contribution is 0.0114. The van der Waals surface area contributed by atoms with Crippen molar-refractivity contribution in [3.63, 3.8) is 0 Å². The summed E-state index contributed by atoms with van der Waals surface area (Å²) < 4.78 is 11.0. The van der Waals surface area contributed by atoms with Crippen LogP contribution in [0, 0.1) is 11.8 Å². The van der Waals surface area contributed by atoms with Gasteiger partial charge in [-0.1, -0.05) is 72.5 Å². The topological polar surface area (TPSA) is 70.0 Å². The molecule has 8 heteroatoms. The van der Waals surface area contributed by atoms with Gasteiger partial charge in [-0.25, -0.2) is 9.78 Å². The van der Waals surface area contributed by atoms with Crippen LogP contribution >= 0.6 is 23.2 Å². The van der Waals surface area contributed by atoms with Gasteiger partial charge in [0.1, 0.15) is 29.9 Å². The molecule has 0 aliphatic carbocycles. The minimum absolute atomic E-state index is 0.125. The highest BCUT2D eigenvalue weighted by molar-refractivity contribution is 6.40. The molecule has 4 aromatic rings. The van der Waals surface area contributed by atoms with Gasteiger partial charge < -0.3 is 14.3 Å². The lowest BCUT2D eigenvalue weighted by atomic mass is 9.85. The van der Waals surface area contributed by atoms with Crippen LogP contribution < -0.4 is 4.74 Å². The Hall–Kier alpha value is -3.61. The van der Waals surface area contributed by atoms with E-state index in [-0.39, 0.29) is 23.6 Å². The third-order valence-corrected chi connectivity index (χ3v) is 7.78. The van der Waals surface area contributed by atoms with Crippen LogP contribution in [-0.2, 0) is 9.57 Å². The summed E-state index contributed by atoms with van der Waals surface area (Å²) >= 11 is 13.0. The number of methoxy groups -OCH3 is 1. The summed E-state index contributed by atoms with van der Waals surface area (Å²) in [7, 11) is 1.34. The summed E-state index contributed by atoms with van der Waals surface area (Å²) in [5, 5.41) is 6.42. The Balaban J connectivity index is 1.33. The number of carbonyl (C=O) groups excluding carboxylic acids is 1. The molecule has 0 saturated heterocycles. The maximum atomic E-state index is 11.8. The fraction of sp³-hybridized carbons (Fsp3) is 0.258. The molecule has 0 radical (unpaired) electrons. The van der Waals surface area contributed by atoms with E-state index in [0.29, 0.717) is 27.9 Å². The number of halogens is 2. The highest BCUT2D eigenvalue weighted by atomic mass is 35.5. The standard InChI is InChI=1S/C31H28Cl2N2O4/c1-4-18(2)30-23(29(35-39-30)28-24(32)6-5-7-25(28)33)17-38-22-12-8-19(9-13-22)20-10-14-26-21(16-20)11-15-27(34-26)31(36)37-3/h5-16,18,23,30H,4,17H2,1-3H3. The maximum Gasteiger partial charge on any atom is 0.356 e. The first-order chi connectivity index (χ1) is 18.9. The lowest BCUT2D eigenvalue weighted by Crippen LogP contribution is -2.34. The van der Waals surface area contributed by atoms with Gasteiger partial charge in [0.25, 0.3) is 0 Å². The van der Waals surface area contributed by atoms with E-state index < -0.39 is 5.97 Å². The molecule has 3 aromatic carbocycles. The second kappa shape index (κ2) is 11.6. The molecule has 200 valence electrons. The Morgan fingerprint density at radius 1 is 1.00 bits per heavy atom. The van der Waals surface area contributed by atoms with Crippen LogP contribution in [0.1, 0.15) is 36.3 Å². The molecule has 0 bridgehead atoms. The predicted molar refractivity (Wildman–Crippen MR) is 155 cm³/mol. The van der Waals surface area contributed by atoms with Crippen molar-refractivity contribution >= 4 is 45.8 Å². The third kappa shape index (κ3) is 5.58. The zero-order valence-corrected chi connectivity index (χ0v) is 23.4. The number of benzene rings is 3. The average Bonchev–Trinajstić information content (AvgIpc) is 3.38. The summed E-state index contributed by atoms with van der Waals surface area (Å²) in [6.45, 7) is 4.65. The maximum absolute atomic E-state index is 11.8. The van der Waals surface area contributed by atoms with Crippen LogP contribution in [0.15, 0.2) is 78.0 Å².